The lowest BCUT2D eigenvalue weighted by Gasteiger charge is -2.37. The SMILES string of the molecule is COc1ccc(CO[C@@H]2C=CC(=O)[C@@H](O)C2)cc1.COc1ccc(CO[C@@H]2C=CC(O[Si](C)(C)C(C)(C)C)=CC2)cc1. The fraction of sp³-hybridized carbons (Fsp3) is 0.441. The molecule has 3 atom stereocenters. The highest BCUT2D eigenvalue weighted by molar-refractivity contribution is 6.74. The van der Waals surface area contributed by atoms with Crippen molar-refractivity contribution in [2.24, 2.45) is 0 Å². The molecule has 8 heteroatoms. The van der Waals surface area contributed by atoms with Crippen LogP contribution in [0.15, 0.2) is 84.7 Å². The van der Waals surface area contributed by atoms with E-state index in [-0.39, 0.29) is 23.0 Å². The van der Waals surface area contributed by atoms with Crippen LogP contribution in [0.2, 0.25) is 18.1 Å². The Labute approximate surface area is 251 Å². The molecule has 2 aromatic carbocycles. The minimum absolute atomic E-state index is 0.110. The molecule has 228 valence electrons. The van der Waals surface area contributed by atoms with Gasteiger partial charge in [0.15, 0.2) is 5.78 Å². The van der Waals surface area contributed by atoms with Crippen molar-refractivity contribution in [3.63, 3.8) is 0 Å². The van der Waals surface area contributed by atoms with Crippen LogP contribution in [0, 0.1) is 0 Å². The van der Waals surface area contributed by atoms with Crippen LogP contribution >= 0.6 is 0 Å². The molecular formula is C34H46O7Si. The summed E-state index contributed by atoms with van der Waals surface area (Å²) in [5.41, 5.74) is 2.17. The molecule has 2 aromatic rings. The highest BCUT2D eigenvalue weighted by Gasteiger charge is 2.39. The smallest absolute Gasteiger partial charge is 0.250 e. The lowest BCUT2D eigenvalue weighted by molar-refractivity contribution is -0.125. The maximum absolute atomic E-state index is 11.1. The maximum Gasteiger partial charge on any atom is 0.250 e. The summed E-state index contributed by atoms with van der Waals surface area (Å²) in [4.78, 5) is 11.1. The van der Waals surface area contributed by atoms with Gasteiger partial charge in [0.1, 0.15) is 17.6 Å². The van der Waals surface area contributed by atoms with E-state index in [1.165, 1.54) is 6.08 Å². The average Bonchev–Trinajstić information content (AvgIpc) is 2.97. The fourth-order valence-corrected chi connectivity index (χ4v) is 4.98. The Balaban J connectivity index is 0.000000240. The molecule has 7 nitrogen and oxygen atoms in total. The molecule has 0 aliphatic heterocycles. The average molecular weight is 595 g/mol. The summed E-state index contributed by atoms with van der Waals surface area (Å²) in [6.07, 6.45) is 9.54. The van der Waals surface area contributed by atoms with Crippen LogP contribution in [-0.2, 0) is 31.9 Å². The number of ketones is 1. The Bertz CT molecular complexity index is 1220. The predicted molar refractivity (Wildman–Crippen MR) is 168 cm³/mol. The number of carbonyl (C=O) groups is 1. The molecule has 0 amide bonds. The van der Waals surface area contributed by atoms with E-state index in [0.29, 0.717) is 19.6 Å². The second kappa shape index (κ2) is 15.3. The molecule has 0 saturated heterocycles. The zero-order valence-electron chi connectivity index (χ0n) is 26.0. The molecule has 0 saturated carbocycles. The van der Waals surface area contributed by atoms with E-state index in [0.717, 1.165) is 34.8 Å². The van der Waals surface area contributed by atoms with Crippen LogP contribution in [0.25, 0.3) is 0 Å². The number of allylic oxidation sites excluding steroid dienone is 1. The zero-order valence-corrected chi connectivity index (χ0v) is 27.0. The Morgan fingerprint density at radius 2 is 1.31 bits per heavy atom. The Hall–Kier alpha value is -3.17. The lowest BCUT2D eigenvalue weighted by Crippen LogP contribution is -2.40. The first-order chi connectivity index (χ1) is 19.9. The third-order valence-electron chi connectivity index (χ3n) is 7.71. The van der Waals surface area contributed by atoms with Crippen LogP contribution in [0.1, 0.15) is 44.7 Å². The molecular weight excluding hydrogens is 548 g/mol. The molecule has 4 rings (SSSR count). The van der Waals surface area contributed by atoms with Gasteiger partial charge in [-0.15, -0.1) is 0 Å². The van der Waals surface area contributed by atoms with Crippen LogP contribution in [0.4, 0.5) is 0 Å². The van der Waals surface area contributed by atoms with Crippen molar-refractivity contribution >= 4 is 14.1 Å². The lowest BCUT2D eigenvalue weighted by atomic mass is 10.0. The summed E-state index contributed by atoms with van der Waals surface area (Å²) in [7, 11) is 1.53. The van der Waals surface area contributed by atoms with Gasteiger partial charge in [-0.2, -0.15) is 0 Å². The number of ether oxygens (including phenoxy) is 4. The van der Waals surface area contributed by atoms with Crippen molar-refractivity contribution in [2.75, 3.05) is 14.2 Å². The number of methoxy groups -OCH3 is 2. The van der Waals surface area contributed by atoms with E-state index < -0.39 is 14.4 Å². The van der Waals surface area contributed by atoms with Crippen LogP contribution < -0.4 is 9.47 Å². The van der Waals surface area contributed by atoms with Crippen molar-refractivity contribution in [1.29, 1.82) is 0 Å². The molecule has 1 N–H and O–H groups in total. The molecule has 42 heavy (non-hydrogen) atoms. The molecule has 0 spiro atoms. The normalized spacial score (nSPS) is 20.3. The number of hydrogen-bond acceptors (Lipinski definition) is 7. The van der Waals surface area contributed by atoms with Crippen molar-refractivity contribution < 1.29 is 33.3 Å². The first-order valence-corrected chi connectivity index (χ1v) is 17.3. The number of hydrogen-bond donors (Lipinski definition) is 1. The van der Waals surface area contributed by atoms with Crippen LogP contribution in [0.3, 0.4) is 0 Å². The summed E-state index contributed by atoms with van der Waals surface area (Å²) < 4.78 is 28.2. The van der Waals surface area contributed by atoms with E-state index in [4.69, 9.17) is 23.4 Å². The number of benzene rings is 2. The molecule has 2 aliphatic carbocycles. The second-order valence-electron chi connectivity index (χ2n) is 12.0. The molecule has 0 heterocycles. The van der Waals surface area contributed by atoms with Gasteiger partial charge in [-0.3, -0.25) is 4.79 Å². The van der Waals surface area contributed by atoms with Gasteiger partial charge in [-0.1, -0.05) is 57.2 Å². The van der Waals surface area contributed by atoms with E-state index in [9.17, 15) is 9.90 Å². The topological polar surface area (TPSA) is 83.5 Å². The Morgan fingerprint density at radius 1 is 0.810 bits per heavy atom. The minimum Gasteiger partial charge on any atom is -0.544 e. The maximum atomic E-state index is 11.1. The molecule has 0 fully saturated rings. The van der Waals surface area contributed by atoms with Crippen LogP contribution in [-0.4, -0.2) is 51.7 Å². The van der Waals surface area contributed by atoms with Crippen LogP contribution in [0.5, 0.6) is 11.5 Å². The summed E-state index contributed by atoms with van der Waals surface area (Å²) >= 11 is 0. The van der Waals surface area contributed by atoms with Crippen molar-refractivity contribution in [3.8, 4) is 11.5 Å². The highest BCUT2D eigenvalue weighted by Crippen LogP contribution is 2.38. The quantitative estimate of drug-likeness (QED) is 0.299. The minimum atomic E-state index is -1.77. The zero-order chi connectivity index (χ0) is 30.8. The van der Waals surface area contributed by atoms with Gasteiger partial charge in [-0.25, -0.2) is 0 Å². The van der Waals surface area contributed by atoms with Gasteiger partial charge in [0.2, 0.25) is 8.32 Å². The summed E-state index contributed by atoms with van der Waals surface area (Å²) in [6.45, 7) is 12.4. The standard InChI is InChI=1S/C20H30O3Si.C14H16O4/c1-20(2,3)24(5,6)23-19-13-11-18(12-14-19)22-15-16-7-9-17(21-4)10-8-16;1-17-11-4-2-10(3-5-11)9-18-12-6-7-13(15)14(16)8-12/h7-11,13-14,18H,12,15H2,1-6H3;2-7,12,14,16H,8-9H2,1H3/t18-;12-,14+/m11/s1. The van der Waals surface area contributed by atoms with E-state index in [2.05, 4.69) is 52.1 Å². The molecule has 0 unspecified atom stereocenters. The molecule has 0 bridgehead atoms. The van der Waals surface area contributed by atoms with E-state index >= 15 is 0 Å². The highest BCUT2D eigenvalue weighted by atomic mass is 28.4. The van der Waals surface area contributed by atoms with E-state index in [1.807, 2.05) is 48.5 Å². The molecule has 0 radical (unpaired) electrons. The van der Waals surface area contributed by atoms with Gasteiger partial charge in [-0.05, 0) is 78.2 Å². The number of rotatable bonds is 10. The van der Waals surface area contributed by atoms with E-state index in [1.54, 1.807) is 20.3 Å². The Kier molecular flexibility index (Phi) is 12.2. The molecule has 0 aromatic heterocycles. The number of aliphatic hydroxyl groups is 1. The van der Waals surface area contributed by atoms with Crippen molar-refractivity contribution in [1.82, 2.24) is 0 Å². The summed E-state index contributed by atoms with van der Waals surface area (Å²) in [5, 5.41) is 9.63. The number of aliphatic hydroxyl groups excluding tert-OH is 1. The van der Waals surface area contributed by atoms with Gasteiger partial charge >= 0.3 is 0 Å². The van der Waals surface area contributed by atoms with Gasteiger partial charge in [0.05, 0.1) is 45.4 Å². The fourth-order valence-electron chi connectivity index (χ4n) is 3.93. The predicted octanol–water partition coefficient (Wildman–Crippen LogP) is 6.92. The first-order valence-electron chi connectivity index (χ1n) is 14.4. The van der Waals surface area contributed by atoms with Gasteiger partial charge in [0.25, 0.3) is 0 Å². The molecule has 2 aliphatic rings. The first kappa shape index (κ1) is 33.3. The summed E-state index contributed by atoms with van der Waals surface area (Å²) in [6, 6.07) is 15.6. The third kappa shape index (κ3) is 10.3. The Morgan fingerprint density at radius 3 is 1.74 bits per heavy atom. The second-order valence-corrected chi connectivity index (χ2v) is 16.7. The third-order valence-corrected chi connectivity index (χ3v) is 12.1. The van der Waals surface area contributed by atoms with Gasteiger partial charge < -0.3 is 28.5 Å². The van der Waals surface area contributed by atoms with Crippen molar-refractivity contribution in [3.05, 3.63) is 95.8 Å². The number of carbonyl (C=O) groups excluding carboxylic acids is 1. The van der Waals surface area contributed by atoms with Gasteiger partial charge in [0, 0.05) is 6.42 Å². The summed E-state index contributed by atoms with van der Waals surface area (Å²) in [5.74, 6) is 2.41. The monoisotopic (exact) mass is 594 g/mol. The van der Waals surface area contributed by atoms with Crippen molar-refractivity contribution in [2.45, 2.75) is 83.3 Å². The largest absolute Gasteiger partial charge is 0.544 e.